The Bertz CT molecular complexity index is 332. The number of nitrogens with zero attached hydrogens (tertiary/aromatic N) is 1. The van der Waals surface area contributed by atoms with Gasteiger partial charge in [0.25, 0.3) is 0 Å². The summed E-state index contributed by atoms with van der Waals surface area (Å²) >= 11 is 0. The fraction of sp³-hybridized carbons (Fsp3) is 0.786. The Hall–Kier alpha value is -2.63. The van der Waals surface area contributed by atoms with E-state index in [0.717, 1.165) is 6.42 Å². The van der Waals surface area contributed by atoms with Gasteiger partial charge in [-0.15, -0.1) is 0 Å². The molecule has 1 amide bonds. The van der Waals surface area contributed by atoms with E-state index in [2.05, 4.69) is 13.8 Å². The monoisotopic (exact) mass is 560 g/mol. The minimum absolute atomic E-state index is 0. The molecule has 0 heterocycles. The molecule has 0 aromatic heterocycles. The quantitative estimate of drug-likeness (QED) is 0.272. The van der Waals surface area contributed by atoms with Crippen LogP contribution in [0.15, 0.2) is 0 Å². The van der Waals surface area contributed by atoms with Crippen LogP contribution in [0.4, 0.5) is 0 Å². The standard InChI is InChI=1S/C11H23NO2.C3H4NO3.Fm/c1-7-9(2)12(6)8-10(13)14-11(3,4)5;5-2-4-1-3(6)7;/h9H,7-8H2,1-6H3;1H2,(H,4,5)(H,6,7);/q;-1;. The van der Waals surface area contributed by atoms with Gasteiger partial charge in [0, 0.05) is 6.04 Å². The van der Waals surface area contributed by atoms with Crippen molar-refractivity contribution in [3.63, 3.8) is 0 Å². The first kappa shape index (κ1) is 24.4. The number of amides is 1. The molecule has 136 valence electrons. The molecule has 0 aromatic rings. The number of hydrogen-bond acceptors (Lipinski definition) is 5. The van der Waals surface area contributed by atoms with Crippen LogP contribution < -0.4 is 5.32 Å². The number of nitrogens with one attached hydrogen (secondary N) is 1. The van der Waals surface area contributed by atoms with Gasteiger partial charge in [-0.2, -0.15) is 6.41 Å². The molecule has 0 aliphatic carbocycles. The Morgan fingerprint density at radius 3 is 2.14 bits per heavy atom. The normalized spacial score (nSPS) is 11.4. The second kappa shape index (κ2) is 12.1. The van der Waals surface area contributed by atoms with E-state index in [0.29, 0.717) is 12.6 Å². The smallest absolute Gasteiger partial charge is 0.320 e. The Morgan fingerprint density at radius 1 is 1.36 bits per heavy atom. The summed E-state index contributed by atoms with van der Waals surface area (Å²) in [5.74, 6) is -1.22. The summed E-state index contributed by atoms with van der Waals surface area (Å²) in [5.41, 5.74) is -0.382. The van der Waals surface area contributed by atoms with Gasteiger partial charge in [0.05, 0.1) is 13.1 Å². The summed E-state index contributed by atoms with van der Waals surface area (Å²) in [6, 6.07) is 0.419. The summed E-state index contributed by atoms with van der Waals surface area (Å²) in [4.78, 5) is 32.2. The predicted molar refractivity (Wildman–Crippen MR) is 79.6 cm³/mol. The molecular weight excluding hydrogens is 533 g/mol. The SMILES string of the molecule is CCC(C)N(C)CC(=O)OC(C)(C)C.O=[C-]NCC(=O)O.[Fm]. The maximum Gasteiger partial charge on any atom is 0.320 e. The number of ether oxygens (including phenoxy) is 1. The van der Waals surface area contributed by atoms with Gasteiger partial charge in [0.1, 0.15) is 5.60 Å². The van der Waals surface area contributed by atoms with Gasteiger partial charge < -0.3 is 20.0 Å². The number of carbonyl (C=O) groups excluding carboxylic acids is 2. The zero-order valence-electron chi connectivity index (χ0n) is 14.0. The van der Waals surface area contributed by atoms with Crippen molar-refractivity contribution >= 4 is 18.3 Å². The third-order valence-electron chi connectivity index (χ3n) is 2.45. The number of hydrogen-bond donors (Lipinski definition) is 2. The molecule has 2 N–H and O–H groups in total. The molecule has 8 heteroatoms. The van der Waals surface area contributed by atoms with Crippen molar-refractivity contribution in [2.24, 2.45) is 0 Å². The number of esters is 1. The third-order valence-corrected chi connectivity index (χ3v) is 2.45. The number of carboxylic acids is 1. The molecule has 0 rings (SSSR count). The zero-order chi connectivity index (χ0) is 17.1. The maximum atomic E-state index is 11.4. The van der Waals surface area contributed by atoms with Crippen LogP contribution in [-0.4, -0.2) is 60.1 Å². The fourth-order valence-corrected chi connectivity index (χ4v) is 1.16. The first-order valence-electron chi connectivity index (χ1n) is 6.77. The van der Waals surface area contributed by atoms with Gasteiger partial charge in [-0.3, -0.25) is 14.5 Å². The average molecular weight is 560 g/mol. The molecule has 1 unspecified atom stereocenters. The maximum absolute atomic E-state index is 11.4. The second-order valence-electron chi connectivity index (χ2n) is 5.61. The first-order valence-corrected chi connectivity index (χ1v) is 6.77. The average Bonchev–Trinajstić information content (AvgIpc) is 2.33. The first-order chi connectivity index (χ1) is 9.53. The van der Waals surface area contributed by atoms with Crippen molar-refractivity contribution in [2.75, 3.05) is 20.1 Å². The van der Waals surface area contributed by atoms with Crippen LogP contribution in [0.2, 0.25) is 0 Å². The molecule has 22 heavy (non-hydrogen) atoms. The number of aliphatic carboxylic acids is 1. The van der Waals surface area contributed by atoms with Gasteiger partial charge in [-0.1, -0.05) is 6.92 Å². The molecule has 0 spiro atoms. The largest absolute Gasteiger partial charge is 0.521 e. The summed E-state index contributed by atoms with van der Waals surface area (Å²) in [6.45, 7) is 9.87. The molecule has 7 nitrogen and oxygen atoms in total. The van der Waals surface area contributed by atoms with Crippen molar-refractivity contribution in [1.29, 1.82) is 0 Å². The van der Waals surface area contributed by atoms with Crippen LogP contribution in [0, 0.1) is 0 Å². The molecule has 0 saturated carbocycles. The Kier molecular flexibility index (Phi) is 13.5. The molecule has 1 atom stereocenters. The van der Waals surface area contributed by atoms with Gasteiger partial charge in [0.2, 0.25) is 0 Å². The van der Waals surface area contributed by atoms with Crippen LogP contribution in [0.3, 0.4) is 0 Å². The number of rotatable bonds is 7. The van der Waals surface area contributed by atoms with Crippen molar-refractivity contribution in [1.82, 2.24) is 10.2 Å². The Balaban J connectivity index is -0.000000385. The zero-order valence-corrected chi connectivity index (χ0v) is 16.4. The van der Waals surface area contributed by atoms with E-state index in [9.17, 15) is 14.4 Å². The van der Waals surface area contributed by atoms with Crippen molar-refractivity contribution in [2.45, 2.75) is 52.7 Å². The van der Waals surface area contributed by atoms with Crippen molar-refractivity contribution in [3.8, 4) is 0 Å². The van der Waals surface area contributed by atoms with E-state index in [1.54, 1.807) is 0 Å². The summed E-state index contributed by atoms with van der Waals surface area (Å²) in [5, 5.41) is 9.65. The molecular formula is C14H27FmN2O5-. The molecule has 0 aliphatic heterocycles. The van der Waals surface area contributed by atoms with Gasteiger partial charge in [-0.05, 0) is 41.2 Å². The van der Waals surface area contributed by atoms with E-state index in [1.807, 2.05) is 38.0 Å². The molecule has 0 bridgehead atoms. The Labute approximate surface area is 126 Å². The topological polar surface area (TPSA) is 95.9 Å². The van der Waals surface area contributed by atoms with Crippen LogP contribution in [0.25, 0.3) is 0 Å². The molecule has 0 radical (unpaired) electrons. The summed E-state index contributed by atoms with van der Waals surface area (Å²) < 4.78 is 5.22. The summed E-state index contributed by atoms with van der Waals surface area (Å²) in [6.07, 6.45) is 2.26. The van der Waals surface area contributed by atoms with E-state index < -0.39 is 5.97 Å². The Morgan fingerprint density at radius 2 is 1.86 bits per heavy atom. The van der Waals surface area contributed by atoms with E-state index in [1.165, 1.54) is 6.41 Å². The second-order valence-corrected chi connectivity index (χ2v) is 5.61. The van der Waals surface area contributed by atoms with E-state index in [4.69, 9.17) is 9.84 Å². The van der Waals surface area contributed by atoms with Crippen LogP contribution in [0.1, 0.15) is 41.0 Å². The van der Waals surface area contributed by atoms with E-state index >= 15 is 0 Å². The number of carbonyl (C=O) groups is 2. The predicted octanol–water partition coefficient (Wildman–Crippen LogP) is 0.786. The fourth-order valence-electron chi connectivity index (χ4n) is 1.16. The van der Waals surface area contributed by atoms with Crippen molar-refractivity contribution in [3.05, 3.63) is 0 Å². The molecule has 0 fully saturated rings. The van der Waals surface area contributed by atoms with Gasteiger partial charge in [0.15, 0.2) is 0 Å². The van der Waals surface area contributed by atoms with E-state index in [-0.39, 0.29) is 18.1 Å². The van der Waals surface area contributed by atoms with Crippen LogP contribution >= 0.6 is 0 Å². The number of likely N-dealkylation sites (N-methyl/N-ethyl adjacent to an activating group) is 1. The van der Waals surface area contributed by atoms with Crippen molar-refractivity contribution < 1.29 is 24.2 Å². The van der Waals surface area contributed by atoms with Crippen LogP contribution in [0.5, 0.6) is 0 Å². The summed E-state index contributed by atoms with van der Waals surface area (Å²) in [7, 11) is 1.94. The van der Waals surface area contributed by atoms with Gasteiger partial charge >= 0.3 is 11.9 Å². The minimum atomic E-state index is -1.07. The third kappa shape index (κ3) is 17.4. The molecule has 0 aliphatic rings. The number of carboxylic acid groups (broad SMARTS) is 1. The molecule has 0 aromatic carbocycles. The van der Waals surface area contributed by atoms with Crippen LogP contribution in [-0.2, 0) is 19.1 Å². The minimum Gasteiger partial charge on any atom is -0.521 e. The van der Waals surface area contributed by atoms with Gasteiger partial charge in [-0.25, -0.2) is 0 Å². The molecule has 0 saturated heterocycles.